The third-order valence-electron chi connectivity index (χ3n) is 5.65. The normalized spacial score (nSPS) is 21.3. The summed E-state index contributed by atoms with van der Waals surface area (Å²) in [5, 5.41) is 0.546. The number of aromatic nitrogens is 1. The van der Waals surface area contributed by atoms with Crippen molar-refractivity contribution in [3.8, 4) is 22.1 Å². The van der Waals surface area contributed by atoms with Crippen molar-refractivity contribution in [1.82, 2.24) is 9.29 Å². The number of oxazole rings is 1. The monoisotopic (exact) mass is 490 g/mol. The third kappa shape index (κ3) is 4.11. The van der Waals surface area contributed by atoms with Crippen LogP contribution >= 0.6 is 22.9 Å². The molecule has 0 spiro atoms. The quantitative estimate of drug-likeness (QED) is 0.508. The lowest BCUT2D eigenvalue weighted by atomic mass is 10.0. The van der Waals surface area contributed by atoms with Crippen molar-refractivity contribution in [1.29, 1.82) is 0 Å². The van der Waals surface area contributed by atoms with E-state index in [2.05, 4.69) is 50.0 Å². The number of rotatable bonds is 5. The first-order valence-electron chi connectivity index (χ1n) is 10.5. The van der Waals surface area contributed by atoms with Gasteiger partial charge in [0.05, 0.1) is 26.2 Å². The lowest BCUT2D eigenvalue weighted by Crippen LogP contribution is -2.47. The Hall–Kier alpha value is -2.16. The molecule has 0 aliphatic carbocycles. The van der Waals surface area contributed by atoms with Gasteiger partial charge in [-0.15, -0.1) is 11.3 Å². The average molecular weight is 491 g/mol. The van der Waals surface area contributed by atoms with E-state index >= 15 is 0 Å². The fourth-order valence-electron chi connectivity index (χ4n) is 3.70. The van der Waals surface area contributed by atoms with Crippen molar-refractivity contribution >= 4 is 39.9 Å². The first-order valence-corrected chi connectivity index (χ1v) is 13.0. The number of nitrogens with two attached hydrogens (primary N) is 1. The molecule has 2 N–H and O–H groups in total. The molecule has 9 heteroatoms. The Labute approximate surface area is 200 Å². The first-order chi connectivity index (χ1) is 15.1. The van der Waals surface area contributed by atoms with Crippen LogP contribution in [-0.2, 0) is 22.9 Å². The summed E-state index contributed by atoms with van der Waals surface area (Å²) in [6.07, 6.45) is 0.751. The van der Waals surface area contributed by atoms with Gasteiger partial charge in [0.2, 0.25) is 11.9 Å². The van der Waals surface area contributed by atoms with Gasteiger partial charge >= 0.3 is 0 Å². The fourth-order valence-corrected chi connectivity index (χ4v) is 6.48. The molecule has 1 aliphatic heterocycles. The van der Waals surface area contributed by atoms with Crippen molar-refractivity contribution in [3.05, 3.63) is 51.5 Å². The van der Waals surface area contributed by atoms with Crippen molar-refractivity contribution in [2.75, 3.05) is 12.8 Å². The van der Waals surface area contributed by atoms with Gasteiger partial charge in [0.1, 0.15) is 16.5 Å². The molecule has 0 fully saturated rings. The molecular weight excluding hydrogens is 464 g/mol. The first kappa shape index (κ1) is 23.0. The summed E-state index contributed by atoms with van der Waals surface area (Å²) in [5.41, 5.74) is 8.42. The number of aliphatic imine (C=N–C) groups is 1. The van der Waals surface area contributed by atoms with Gasteiger partial charge in [0, 0.05) is 12.6 Å². The summed E-state index contributed by atoms with van der Waals surface area (Å²) >= 11 is 8.07. The maximum absolute atomic E-state index is 12.5. The minimum Gasteiger partial charge on any atom is -0.435 e. The number of hydrogen-bond donors (Lipinski definition) is 1. The van der Waals surface area contributed by atoms with E-state index in [1.807, 2.05) is 13.0 Å². The second kappa shape index (κ2) is 8.65. The Morgan fingerprint density at radius 1 is 1.34 bits per heavy atom. The molecule has 3 heterocycles. The Morgan fingerprint density at radius 3 is 2.62 bits per heavy atom. The van der Waals surface area contributed by atoms with Crippen LogP contribution in [0.4, 0.5) is 0 Å². The zero-order valence-corrected chi connectivity index (χ0v) is 21.2. The second-order valence-electron chi connectivity index (χ2n) is 8.42. The average Bonchev–Trinajstić information content (AvgIpc) is 3.36. The van der Waals surface area contributed by atoms with Crippen molar-refractivity contribution in [2.45, 2.75) is 45.6 Å². The number of aryl methyl sites for hydroxylation is 1. The highest BCUT2D eigenvalue weighted by molar-refractivity contribution is 7.83. The van der Waals surface area contributed by atoms with Crippen molar-refractivity contribution < 1.29 is 8.63 Å². The van der Waals surface area contributed by atoms with E-state index in [1.165, 1.54) is 21.2 Å². The van der Waals surface area contributed by atoms with Gasteiger partial charge in [-0.25, -0.2) is 14.2 Å². The zero-order chi connectivity index (χ0) is 23.2. The van der Waals surface area contributed by atoms with Crippen LogP contribution in [-0.4, -0.2) is 32.3 Å². The predicted molar refractivity (Wildman–Crippen MR) is 133 cm³/mol. The van der Waals surface area contributed by atoms with Crippen LogP contribution in [0.5, 0.6) is 0 Å². The number of halogens is 1. The highest BCUT2D eigenvalue weighted by atomic mass is 35.5. The standard InChI is InChI=1S/C23H27ClN4O2S2/c1-6-17-19(15-9-7-14(8-10-15)13(2)3)30-21(26-17)18-11-16(24)20(31-18)23(4)12-32(29)28(5)22(25)27-23/h7-11,13H,6,12H2,1-5H3,(H2,25,27). The van der Waals surface area contributed by atoms with Crippen LogP contribution in [0.2, 0.25) is 5.02 Å². The Bertz CT molecular complexity index is 1200. The molecule has 2 aromatic heterocycles. The molecule has 170 valence electrons. The summed E-state index contributed by atoms with van der Waals surface area (Å²) in [7, 11) is 0.398. The molecule has 0 radical (unpaired) electrons. The minimum atomic E-state index is -1.27. The van der Waals surface area contributed by atoms with E-state index < -0.39 is 16.5 Å². The number of guanidine groups is 1. The number of nitrogens with zero attached hydrogens (tertiary/aromatic N) is 3. The van der Waals surface area contributed by atoms with Gasteiger partial charge in [-0.2, -0.15) is 0 Å². The Morgan fingerprint density at radius 2 is 2.03 bits per heavy atom. The van der Waals surface area contributed by atoms with Crippen molar-refractivity contribution in [2.24, 2.45) is 10.7 Å². The predicted octanol–water partition coefficient (Wildman–Crippen LogP) is 5.55. The molecule has 2 atom stereocenters. The SMILES string of the molecule is CCc1nc(-c2cc(Cl)c(C3(C)CS(=O)N(C)C(N)=N3)s2)oc1-c1ccc(C(C)C)cc1. The number of benzene rings is 1. The van der Waals surface area contributed by atoms with E-state index in [-0.39, 0.29) is 5.96 Å². The molecule has 1 aromatic carbocycles. The van der Waals surface area contributed by atoms with Crippen LogP contribution in [0.1, 0.15) is 49.7 Å². The molecule has 3 aromatic rings. The zero-order valence-electron chi connectivity index (χ0n) is 18.8. The van der Waals surface area contributed by atoms with Crippen LogP contribution in [0.25, 0.3) is 22.1 Å². The van der Waals surface area contributed by atoms with Gasteiger partial charge in [0.25, 0.3) is 0 Å². The van der Waals surface area contributed by atoms with Gasteiger partial charge in [-0.1, -0.05) is 56.6 Å². The minimum absolute atomic E-state index is 0.236. The Balaban J connectivity index is 1.72. The molecule has 0 amide bonds. The van der Waals surface area contributed by atoms with Gasteiger partial charge in [0.15, 0.2) is 5.76 Å². The molecular formula is C23H27ClN4O2S2. The molecule has 32 heavy (non-hydrogen) atoms. The summed E-state index contributed by atoms with van der Waals surface area (Å²) < 4.78 is 20.2. The van der Waals surface area contributed by atoms with E-state index in [1.54, 1.807) is 7.05 Å². The summed E-state index contributed by atoms with van der Waals surface area (Å²) in [6.45, 7) is 8.32. The lowest BCUT2D eigenvalue weighted by Gasteiger charge is -2.33. The molecule has 0 bridgehead atoms. The Kier molecular flexibility index (Phi) is 6.22. The van der Waals surface area contributed by atoms with Crippen LogP contribution in [0.15, 0.2) is 39.7 Å². The molecule has 2 unspecified atom stereocenters. The number of hydrogen-bond acceptors (Lipinski definition) is 6. The van der Waals surface area contributed by atoms with Gasteiger partial charge in [-0.3, -0.25) is 4.31 Å². The topological polar surface area (TPSA) is 84.7 Å². The molecule has 1 aliphatic rings. The summed E-state index contributed by atoms with van der Waals surface area (Å²) in [4.78, 5) is 11.0. The van der Waals surface area contributed by atoms with E-state index in [0.717, 1.165) is 33.2 Å². The van der Waals surface area contributed by atoms with Crippen LogP contribution < -0.4 is 5.73 Å². The van der Waals surface area contributed by atoms with E-state index in [4.69, 9.17) is 26.7 Å². The lowest BCUT2D eigenvalue weighted by molar-refractivity contribution is 0.524. The largest absolute Gasteiger partial charge is 0.435 e. The van der Waals surface area contributed by atoms with Crippen LogP contribution in [0, 0.1) is 0 Å². The summed E-state index contributed by atoms with van der Waals surface area (Å²) in [5.74, 6) is 2.32. The van der Waals surface area contributed by atoms with E-state index in [9.17, 15) is 4.21 Å². The van der Waals surface area contributed by atoms with Gasteiger partial charge < -0.3 is 10.2 Å². The maximum atomic E-state index is 12.5. The van der Waals surface area contributed by atoms with Crippen molar-refractivity contribution in [3.63, 3.8) is 0 Å². The van der Waals surface area contributed by atoms with Gasteiger partial charge in [-0.05, 0) is 30.9 Å². The smallest absolute Gasteiger partial charge is 0.237 e. The second-order valence-corrected chi connectivity index (χ2v) is 11.4. The highest BCUT2D eigenvalue weighted by Gasteiger charge is 2.39. The molecule has 0 saturated carbocycles. The van der Waals surface area contributed by atoms with E-state index in [0.29, 0.717) is 22.6 Å². The number of thiophene rings is 1. The maximum Gasteiger partial charge on any atom is 0.237 e. The third-order valence-corrected chi connectivity index (χ3v) is 9.05. The summed E-state index contributed by atoms with van der Waals surface area (Å²) in [6, 6.07) is 10.3. The molecule has 0 saturated heterocycles. The fraction of sp³-hybridized carbons (Fsp3) is 0.391. The molecule has 6 nitrogen and oxygen atoms in total. The highest BCUT2D eigenvalue weighted by Crippen LogP contribution is 2.44. The van der Waals surface area contributed by atoms with Crippen LogP contribution in [0.3, 0.4) is 0 Å². The molecule has 4 rings (SSSR count).